The van der Waals surface area contributed by atoms with Gasteiger partial charge in [0.05, 0.1) is 29.9 Å². The van der Waals surface area contributed by atoms with Gasteiger partial charge in [0.25, 0.3) is 0 Å². The molecule has 0 radical (unpaired) electrons. The summed E-state index contributed by atoms with van der Waals surface area (Å²) in [6.07, 6.45) is 3.95. The predicted octanol–water partition coefficient (Wildman–Crippen LogP) is 4.50. The standard InChI is InChI=1S/C28H49N2O9PS2/c1-26(2,3)24(32)41-14-12-34-40(35-13-15-42-25(33)27(4,5)6)36-17-19-20-21(39-28(7,8)38-20)23(37-19)30-11-9-10-18(16-30)22(29)31/h9,11,16,19-21,23,32-33,41-42H,10,12-15,17H2,1-8H3,(H2,29,31). The molecule has 0 aromatic rings. The molecule has 4 atom stereocenters. The average Bonchev–Trinajstić information content (AvgIpc) is 3.38. The Hall–Kier alpha value is -0.700. The lowest BCUT2D eigenvalue weighted by Crippen LogP contribution is -2.40. The number of aliphatic hydroxyl groups excluding tert-OH is 2. The second-order valence-corrected chi connectivity index (χ2v) is 16.4. The van der Waals surface area contributed by atoms with Crippen LogP contribution in [0.2, 0.25) is 0 Å². The Bertz CT molecular complexity index is 1030. The lowest BCUT2D eigenvalue weighted by molar-refractivity contribution is -0.201. The third kappa shape index (κ3) is 10.4. The number of thiol groups is 2. The van der Waals surface area contributed by atoms with Crippen molar-refractivity contribution in [2.24, 2.45) is 16.6 Å². The number of nitrogens with two attached hydrogens (primary N) is 1. The van der Waals surface area contributed by atoms with E-state index < -0.39 is 44.8 Å². The third-order valence-electron chi connectivity index (χ3n) is 6.44. The number of carbonyl (C=O) groups excluding carboxylic acids is 1. The molecule has 11 nitrogen and oxygen atoms in total. The molecule has 242 valence electrons. The Kier molecular flexibility index (Phi) is 12.8. The Labute approximate surface area is 258 Å². The minimum atomic E-state index is -1.75. The van der Waals surface area contributed by atoms with Crippen molar-refractivity contribution in [2.45, 2.75) is 92.1 Å². The molecule has 4 unspecified atom stereocenters. The molecule has 1 amide bonds. The number of hydrogen-bond donors (Lipinski definition) is 5. The molecule has 0 saturated carbocycles. The number of hydrogen-bond acceptors (Lipinski definition) is 8. The van der Waals surface area contributed by atoms with Crippen LogP contribution in [0.4, 0.5) is 0 Å². The maximum Gasteiger partial charge on any atom is 0.332 e. The Morgan fingerprint density at radius 1 is 1.02 bits per heavy atom. The van der Waals surface area contributed by atoms with E-state index in [2.05, 4.69) is 0 Å². The molecule has 3 heterocycles. The van der Waals surface area contributed by atoms with Gasteiger partial charge >= 0.3 is 8.60 Å². The number of aliphatic hydroxyl groups is 2. The summed E-state index contributed by atoms with van der Waals surface area (Å²) in [5.41, 5.74) is 5.39. The Morgan fingerprint density at radius 3 is 2.10 bits per heavy atom. The molecule has 0 aromatic carbocycles. The highest BCUT2D eigenvalue weighted by Gasteiger charge is 2.56. The average molecular weight is 653 g/mol. The first-order chi connectivity index (χ1) is 19.5. The highest BCUT2D eigenvalue weighted by atomic mass is 32.1. The molecule has 3 aliphatic heterocycles. The van der Waals surface area contributed by atoms with Crippen LogP contribution in [0, 0.1) is 10.8 Å². The van der Waals surface area contributed by atoms with Crippen molar-refractivity contribution in [1.82, 2.24) is 4.90 Å². The summed E-state index contributed by atoms with van der Waals surface area (Å²) in [6.45, 7) is 16.2. The van der Waals surface area contributed by atoms with E-state index >= 15 is 0 Å². The summed E-state index contributed by atoms with van der Waals surface area (Å²) in [6, 6.07) is 0. The molecular formula is C28H49N2O9PS2. The zero-order chi connectivity index (χ0) is 31.3. The molecule has 0 bridgehead atoms. The first kappa shape index (κ1) is 35.8. The summed E-state index contributed by atoms with van der Waals surface area (Å²) < 4.78 is 36.8. The highest BCUT2D eigenvalue weighted by Crippen LogP contribution is 2.44. The molecule has 2 fully saturated rings. The van der Waals surface area contributed by atoms with E-state index in [9.17, 15) is 15.0 Å². The van der Waals surface area contributed by atoms with Crippen molar-refractivity contribution in [2.75, 3.05) is 31.3 Å². The maximum absolute atomic E-state index is 11.8. The number of allylic oxidation sites excluding steroid dienone is 1. The van der Waals surface area contributed by atoms with Crippen LogP contribution in [-0.2, 0) is 32.6 Å². The fraction of sp³-hybridized carbons (Fsp3) is 0.750. The van der Waals surface area contributed by atoms with Crippen molar-refractivity contribution in [1.29, 1.82) is 0 Å². The van der Waals surface area contributed by atoms with Gasteiger partial charge < -0.3 is 48.6 Å². The van der Waals surface area contributed by atoms with Gasteiger partial charge in [-0.1, -0.05) is 47.6 Å². The second-order valence-electron chi connectivity index (χ2n) is 12.8. The number of fused-ring (bicyclic) bond motifs is 1. The van der Waals surface area contributed by atoms with Crippen LogP contribution in [0.5, 0.6) is 0 Å². The lowest BCUT2D eigenvalue weighted by Gasteiger charge is -2.31. The summed E-state index contributed by atoms with van der Waals surface area (Å²) >= 11 is 1.57. The topological polar surface area (TPSA) is 142 Å². The van der Waals surface area contributed by atoms with Crippen LogP contribution >= 0.6 is 31.3 Å². The van der Waals surface area contributed by atoms with Crippen LogP contribution in [0.15, 0.2) is 24.0 Å². The lowest BCUT2D eigenvalue weighted by atomic mass is 9.99. The molecule has 42 heavy (non-hydrogen) atoms. The van der Waals surface area contributed by atoms with E-state index in [1.807, 2.05) is 67.7 Å². The summed E-state index contributed by atoms with van der Waals surface area (Å²) in [5, 5.41) is 21.3. The van der Waals surface area contributed by atoms with Gasteiger partial charge in [0, 0.05) is 40.3 Å². The van der Waals surface area contributed by atoms with Gasteiger partial charge in [0.2, 0.25) is 5.91 Å². The normalized spacial score (nSPS) is 27.7. The molecule has 3 rings (SSSR count). The molecule has 14 heteroatoms. The number of carbonyl (C=O) groups is 1. The zero-order valence-corrected chi connectivity index (χ0v) is 28.6. The van der Waals surface area contributed by atoms with Crippen LogP contribution < -0.4 is 5.73 Å². The number of primary amides is 1. The Morgan fingerprint density at radius 2 is 1.57 bits per heavy atom. The first-order valence-electron chi connectivity index (χ1n) is 14.1. The van der Waals surface area contributed by atoms with E-state index in [4.69, 9.17) is 33.5 Å². The van der Waals surface area contributed by atoms with Gasteiger partial charge in [0.1, 0.15) is 18.3 Å². The van der Waals surface area contributed by atoms with Crippen molar-refractivity contribution in [3.63, 3.8) is 0 Å². The van der Waals surface area contributed by atoms with E-state index in [0.29, 0.717) is 46.8 Å². The van der Waals surface area contributed by atoms with Crippen LogP contribution in [0.25, 0.3) is 0 Å². The van der Waals surface area contributed by atoms with Gasteiger partial charge in [0.15, 0.2) is 12.0 Å². The van der Waals surface area contributed by atoms with E-state index in [0.717, 1.165) is 22.7 Å². The van der Waals surface area contributed by atoms with Gasteiger partial charge in [-0.05, 0) is 20.3 Å². The van der Waals surface area contributed by atoms with E-state index in [1.165, 1.54) is 0 Å². The Balaban J connectivity index is 1.66. The molecule has 0 aromatic heterocycles. The number of ether oxygens (including phenoxy) is 3. The van der Waals surface area contributed by atoms with E-state index in [1.54, 1.807) is 11.1 Å². The summed E-state index contributed by atoms with van der Waals surface area (Å²) in [7, 11) is -1.75. The van der Waals surface area contributed by atoms with Crippen molar-refractivity contribution >= 4 is 47.3 Å². The zero-order valence-electron chi connectivity index (χ0n) is 25.9. The van der Waals surface area contributed by atoms with Crippen molar-refractivity contribution in [3.05, 3.63) is 24.0 Å². The van der Waals surface area contributed by atoms with Gasteiger partial charge in [-0.2, -0.15) is 22.7 Å². The fourth-order valence-electron chi connectivity index (χ4n) is 4.19. The monoisotopic (exact) mass is 652 g/mol. The van der Waals surface area contributed by atoms with E-state index in [-0.39, 0.29) is 17.4 Å². The van der Waals surface area contributed by atoms with Gasteiger partial charge in [-0.25, -0.2) is 0 Å². The van der Waals surface area contributed by atoms with Crippen molar-refractivity contribution < 1.29 is 42.8 Å². The SMILES string of the molecule is CC1(C)OC2C(COP(OCC[SH]=C(O)C(C)(C)C)OCC[SH]=C(O)C(C)(C)C)OC(N3C=CCC(C(N)=O)=C3)C2O1. The maximum atomic E-state index is 11.8. The molecular weight excluding hydrogens is 603 g/mol. The molecule has 3 aliphatic rings. The molecule has 0 aliphatic carbocycles. The second kappa shape index (κ2) is 15.1. The summed E-state index contributed by atoms with van der Waals surface area (Å²) in [4.78, 5) is 13.6. The van der Waals surface area contributed by atoms with Gasteiger partial charge in [-0.3, -0.25) is 4.79 Å². The van der Waals surface area contributed by atoms with Crippen molar-refractivity contribution in [3.8, 4) is 0 Å². The smallest absolute Gasteiger partial charge is 0.332 e. The number of amides is 1. The highest BCUT2D eigenvalue weighted by molar-refractivity contribution is 7.98. The third-order valence-corrected chi connectivity index (χ3v) is 10.3. The number of rotatable bonds is 13. The largest absolute Gasteiger partial charge is 0.366 e. The van der Waals surface area contributed by atoms with Crippen LogP contribution in [0.3, 0.4) is 0 Å². The van der Waals surface area contributed by atoms with Crippen LogP contribution in [-0.4, -0.2) is 92.8 Å². The predicted molar refractivity (Wildman–Crippen MR) is 172 cm³/mol. The quantitative estimate of drug-likeness (QED) is 0.0836. The minimum absolute atomic E-state index is 0.126. The van der Waals surface area contributed by atoms with Crippen LogP contribution in [0.1, 0.15) is 61.8 Å². The minimum Gasteiger partial charge on any atom is -0.366 e. The molecule has 0 spiro atoms. The fourth-order valence-corrected chi connectivity index (χ4v) is 7.19. The molecule has 4 N–H and O–H groups in total. The molecule has 2 saturated heterocycles. The first-order valence-corrected chi connectivity index (χ1v) is 17.4. The van der Waals surface area contributed by atoms with Gasteiger partial charge in [-0.15, -0.1) is 0 Å². The number of nitrogens with zero attached hydrogens (tertiary/aromatic N) is 1. The summed E-state index contributed by atoms with van der Waals surface area (Å²) in [5.74, 6) is -0.139.